The van der Waals surface area contributed by atoms with E-state index < -0.39 is 5.97 Å². The van der Waals surface area contributed by atoms with Crippen LogP contribution >= 0.6 is 11.3 Å². The zero-order valence-electron chi connectivity index (χ0n) is 14.4. The van der Waals surface area contributed by atoms with Crippen LogP contribution in [0.25, 0.3) is 15.9 Å². The van der Waals surface area contributed by atoms with E-state index in [0.717, 1.165) is 21.5 Å². The molecule has 27 heavy (non-hydrogen) atoms. The average molecular weight is 380 g/mol. The van der Waals surface area contributed by atoms with Gasteiger partial charge >= 0.3 is 5.97 Å². The third kappa shape index (κ3) is 3.49. The lowest BCUT2D eigenvalue weighted by Gasteiger charge is -2.05. The van der Waals surface area contributed by atoms with Gasteiger partial charge in [0.1, 0.15) is 15.7 Å². The van der Waals surface area contributed by atoms with Crippen LogP contribution in [0.3, 0.4) is 0 Å². The molecule has 0 bridgehead atoms. The van der Waals surface area contributed by atoms with Gasteiger partial charge in [-0.1, -0.05) is 36.4 Å². The summed E-state index contributed by atoms with van der Waals surface area (Å²) in [6.45, 7) is 1.02. The van der Waals surface area contributed by atoms with Crippen molar-refractivity contribution in [3.8, 4) is 5.00 Å². The number of carboxylic acids is 1. The van der Waals surface area contributed by atoms with Gasteiger partial charge < -0.3 is 15.0 Å². The second-order valence-corrected chi connectivity index (χ2v) is 7.24. The summed E-state index contributed by atoms with van der Waals surface area (Å²) in [6.07, 6.45) is 2.01. The van der Waals surface area contributed by atoms with E-state index in [1.54, 1.807) is 18.2 Å². The smallest absolute Gasteiger partial charge is 0.345 e. The number of rotatable bonds is 6. The Morgan fingerprint density at radius 1 is 1.00 bits per heavy atom. The minimum Gasteiger partial charge on any atom is -0.477 e. The second-order valence-electron chi connectivity index (χ2n) is 6.18. The molecule has 0 saturated carbocycles. The summed E-state index contributed by atoms with van der Waals surface area (Å²) in [5.74, 6) is -1.14. The maximum atomic E-state index is 13.8. The van der Waals surface area contributed by atoms with Crippen LogP contribution in [0.4, 0.5) is 4.39 Å². The van der Waals surface area contributed by atoms with Crippen molar-refractivity contribution in [2.75, 3.05) is 0 Å². The highest BCUT2D eigenvalue weighted by Gasteiger charge is 2.13. The van der Waals surface area contributed by atoms with Crippen LogP contribution in [0.5, 0.6) is 0 Å². The molecule has 0 spiro atoms. The predicted octanol–water partition coefficient (Wildman–Crippen LogP) is 4.82. The van der Waals surface area contributed by atoms with E-state index in [4.69, 9.17) is 0 Å². The van der Waals surface area contributed by atoms with Crippen LogP contribution in [0, 0.1) is 5.82 Å². The molecule has 2 aromatic heterocycles. The lowest BCUT2D eigenvalue weighted by molar-refractivity contribution is 0.0702. The van der Waals surface area contributed by atoms with Gasteiger partial charge in [0.25, 0.3) is 0 Å². The number of fused-ring (bicyclic) bond motifs is 1. The summed E-state index contributed by atoms with van der Waals surface area (Å²) in [5, 5.41) is 14.4. The Labute approximate surface area is 159 Å². The van der Waals surface area contributed by atoms with Crippen LogP contribution in [-0.2, 0) is 13.1 Å². The first-order valence-corrected chi connectivity index (χ1v) is 9.32. The van der Waals surface area contributed by atoms with Crippen molar-refractivity contribution in [2.24, 2.45) is 0 Å². The molecule has 2 heterocycles. The van der Waals surface area contributed by atoms with Gasteiger partial charge in [0.05, 0.1) is 5.52 Å². The minimum absolute atomic E-state index is 0.216. The lowest BCUT2D eigenvalue weighted by Crippen LogP contribution is -2.13. The molecule has 4 aromatic rings. The molecule has 0 saturated heterocycles. The number of thiophene rings is 1. The highest BCUT2D eigenvalue weighted by atomic mass is 32.1. The van der Waals surface area contributed by atoms with Crippen LogP contribution in [0.1, 0.15) is 20.8 Å². The van der Waals surface area contributed by atoms with Crippen molar-refractivity contribution in [1.82, 2.24) is 9.88 Å². The van der Waals surface area contributed by atoms with E-state index in [1.165, 1.54) is 17.4 Å². The quantitative estimate of drug-likeness (QED) is 0.504. The highest BCUT2D eigenvalue weighted by molar-refractivity contribution is 7.16. The maximum absolute atomic E-state index is 13.8. The summed E-state index contributed by atoms with van der Waals surface area (Å²) in [7, 11) is 0. The molecule has 0 radical (unpaired) electrons. The van der Waals surface area contributed by atoms with Gasteiger partial charge in [-0.05, 0) is 29.8 Å². The fourth-order valence-corrected chi connectivity index (χ4v) is 3.95. The lowest BCUT2D eigenvalue weighted by atomic mass is 10.1. The van der Waals surface area contributed by atoms with E-state index in [0.29, 0.717) is 23.5 Å². The summed E-state index contributed by atoms with van der Waals surface area (Å²) in [6, 6.07) is 18.1. The van der Waals surface area contributed by atoms with E-state index in [-0.39, 0.29) is 5.82 Å². The largest absolute Gasteiger partial charge is 0.477 e. The zero-order chi connectivity index (χ0) is 18.8. The van der Waals surface area contributed by atoms with Crippen molar-refractivity contribution in [1.29, 1.82) is 0 Å². The third-order valence-electron chi connectivity index (χ3n) is 4.42. The number of nitrogens with zero attached hydrogens (tertiary/aromatic N) is 1. The molecular formula is C21H17FN2O2S. The van der Waals surface area contributed by atoms with Crippen LogP contribution in [0.2, 0.25) is 0 Å². The van der Waals surface area contributed by atoms with E-state index in [9.17, 15) is 14.3 Å². The first-order valence-electron chi connectivity index (χ1n) is 8.50. The topological polar surface area (TPSA) is 54.3 Å². The summed E-state index contributed by atoms with van der Waals surface area (Å²) < 4.78 is 15.8. The average Bonchev–Trinajstić information content (AvgIpc) is 3.29. The Kier molecular flexibility index (Phi) is 4.75. The Morgan fingerprint density at radius 3 is 2.52 bits per heavy atom. The molecule has 4 nitrogen and oxygen atoms in total. The maximum Gasteiger partial charge on any atom is 0.345 e. The minimum atomic E-state index is -0.922. The molecule has 6 heteroatoms. The molecule has 0 unspecified atom stereocenters. The molecule has 0 aliphatic rings. The molecule has 0 atom stereocenters. The Balaban J connectivity index is 1.61. The first-order chi connectivity index (χ1) is 13.1. The molecule has 4 rings (SSSR count). The standard InChI is InChI=1S/C21H17FN2O2S/c22-17-7-3-1-5-14(17)11-23-12-15-13-24(18-8-4-2-6-16(15)18)20-10-9-19(27-20)21(25)26/h1-10,13,23H,11-12H2,(H,25,26). The second kappa shape index (κ2) is 7.34. The van der Waals surface area contributed by atoms with E-state index in [1.807, 2.05) is 47.2 Å². The van der Waals surface area contributed by atoms with Crippen molar-refractivity contribution in [3.05, 3.63) is 88.7 Å². The fourth-order valence-electron chi connectivity index (χ4n) is 3.12. The van der Waals surface area contributed by atoms with Gasteiger partial charge in [0.2, 0.25) is 0 Å². The number of aromatic nitrogens is 1. The molecule has 0 aliphatic carbocycles. The Bertz CT molecular complexity index is 1120. The summed E-state index contributed by atoms with van der Waals surface area (Å²) in [5.41, 5.74) is 2.72. The highest BCUT2D eigenvalue weighted by Crippen LogP contribution is 2.29. The third-order valence-corrected chi connectivity index (χ3v) is 5.50. The van der Waals surface area contributed by atoms with E-state index in [2.05, 4.69) is 5.32 Å². The molecule has 2 aromatic carbocycles. The van der Waals surface area contributed by atoms with Gasteiger partial charge in [-0.3, -0.25) is 0 Å². The monoisotopic (exact) mass is 380 g/mol. The van der Waals surface area contributed by atoms with Crippen LogP contribution in [0.15, 0.2) is 66.9 Å². The molecular weight excluding hydrogens is 363 g/mol. The summed E-state index contributed by atoms with van der Waals surface area (Å²) >= 11 is 1.24. The van der Waals surface area contributed by atoms with Crippen LogP contribution in [-0.4, -0.2) is 15.6 Å². The molecule has 0 fully saturated rings. The van der Waals surface area contributed by atoms with Gasteiger partial charge in [0.15, 0.2) is 0 Å². The van der Waals surface area contributed by atoms with Gasteiger partial charge in [-0.25, -0.2) is 9.18 Å². The fraction of sp³-hybridized carbons (Fsp3) is 0.0952. The molecule has 0 aliphatic heterocycles. The number of carbonyl (C=O) groups is 1. The number of para-hydroxylation sites is 1. The Morgan fingerprint density at radius 2 is 1.74 bits per heavy atom. The number of hydrogen-bond donors (Lipinski definition) is 2. The SMILES string of the molecule is O=C(O)c1ccc(-n2cc(CNCc3ccccc3F)c3ccccc32)s1. The van der Waals surface area contributed by atoms with Crippen LogP contribution < -0.4 is 5.32 Å². The molecule has 2 N–H and O–H groups in total. The first kappa shape index (κ1) is 17.5. The zero-order valence-corrected chi connectivity index (χ0v) is 15.2. The Hall–Kier alpha value is -2.96. The van der Waals surface area contributed by atoms with Crippen molar-refractivity contribution in [2.45, 2.75) is 13.1 Å². The predicted molar refractivity (Wildman–Crippen MR) is 105 cm³/mol. The van der Waals surface area contributed by atoms with Crippen molar-refractivity contribution >= 4 is 28.2 Å². The van der Waals surface area contributed by atoms with Gasteiger partial charge in [-0.15, -0.1) is 11.3 Å². The normalized spacial score (nSPS) is 11.1. The van der Waals surface area contributed by atoms with Crippen molar-refractivity contribution in [3.63, 3.8) is 0 Å². The molecule has 136 valence electrons. The number of hydrogen-bond acceptors (Lipinski definition) is 3. The van der Waals surface area contributed by atoms with Gasteiger partial charge in [-0.2, -0.15) is 0 Å². The number of benzene rings is 2. The number of carboxylic acid groups (broad SMARTS) is 1. The number of halogens is 1. The van der Waals surface area contributed by atoms with E-state index >= 15 is 0 Å². The number of nitrogens with one attached hydrogen (secondary N) is 1. The summed E-state index contributed by atoms with van der Waals surface area (Å²) in [4.78, 5) is 11.5. The van der Waals surface area contributed by atoms with Crippen molar-refractivity contribution < 1.29 is 14.3 Å². The van der Waals surface area contributed by atoms with Gasteiger partial charge in [0, 0.05) is 30.2 Å². The number of aromatic carboxylic acids is 1. The molecule has 0 amide bonds.